The highest BCUT2D eigenvalue weighted by molar-refractivity contribution is 7.59. The third-order valence-corrected chi connectivity index (χ3v) is 0.463. The molecule has 0 aromatic carbocycles. The Balaban J connectivity index is -0.000000143. The summed E-state index contributed by atoms with van der Waals surface area (Å²) in [5, 5.41) is 0. The van der Waals surface area contributed by atoms with Gasteiger partial charge in [-0.3, -0.25) is 0 Å². The molecule has 0 aliphatic heterocycles. The summed E-state index contributed by atoms with van der Waals surface area (Å²) in [4.78, 5) is 0. The molecule has 0 aliphatic rings. The average molecular weight is 226 g/mol. The molecule has 0 saturated carbocycles. The average Bonchev–Trinajstić information content (AvgIpc) is 1.86. The molecule has 0 unspecified atom stereocenters. The van der Waals surface area contributed by atoms with E-state index in [1.54, 1.807) is 0 Å². The molecule has 80 valence electrons. The minimum atomic E-state index is -4.19. The first-order chi connectivity index (χ1) is 5.12. The predicted molar refractivity (Wildman–Crippen MR) is 42.9 cm³/mol. The topological polar surface area (TPSA) is 0 Å². The molecule has 0 fully saturated rings. The Morgan fingerprint density at radius 1 is 0.692 bits per heavy atom. The van der Waals surface area contributed by atoms with Crippen LogP contribution in [-0.2, 0) is 0 Å². The highest BCUT2D eigenvalue weighted by atomic mass is 32.1. The van der Waals surface area contributed by atoms with Gasteiger partial charge in [0.1, 0.15) is 0 Å². The molecule has 7 heteroatoms. The van der Waals surface area contributed by atoms with E-state index in [0.29, 0.717) is 0 Å². The van der Waals surface area contributed by atoms with Crippen molar-refractivity contribution in [3.63, 3.8) is 0 Å². The summed E-state index contributed by atoms with van der Waals surface area (Å²) in [6.07, 6.45) is -8.51. The quantitative estimate of drug-likeness (QED) is 0.437. The summed E-state index contributed by atoms with van der Waals surface area (Å²) in [5.41, 5.74) is 0. The van der Waals surface area contributed by atoms with Gasteiger partial charge in [0.05, 0.1) is 0 Å². The molecule has 0 bridgehead atoms. The number of allylic oxidation sites excluding steroid dienone is 2. The summed E-state index contributed by atoms with van der Waals surface area (Å²) in [6, 6.07) is 0. The van der Waals surface area contributed by atoms with Crippen molar-refractivity contribution < 1.29 is 26.3 Å². The van der Waals surface area contributed by atoms with Crippen molar-refractivity contribution in [2.24, 2.45) is 0 Å². The molecule has 0 saturated heterocycles. The van der Waals surface area contributed by atoms with Crippen molar-refractivity contribution in [2.45, 2.75) is 12.4 Å². The van der Waals surface area contributed by atoms with Gasteiger partial charge in [-0.15, -0.1) is 0 Å². The Morgan fingerprint density at radius 2 is 0.769 bits per heavy atom. The second-order valence-corrected chi connectivity index (χ2v) is 1.49. The molecule has 0 atom stereocenters. The number of halogens is 6. The lowest BCUT2D eigenvalue weighted by atomic mass is 10.6. The number of hydrogen-bond donors (Lipinski definition) is 0. The van der Waals surface area contributed by atoms with E-state index in [1.807, 2.05) is 0 Å². The fourth-order valence-electron chi connectivity index (χ4n) is 0. The molecule has 0 heterocycles. The minimum absolute atomic E-state index is 0. The van der Waals surface area contributed by atoms with Gasteiger partial charge in [0.2, 0.25) is 0 Å². The molecular formula is C6H8F6S. The van der Waals surface area contributed by atoms with Gasteiger partial charge in [0, 0.05) is 12.2 Å². The third-order valence-electron chi connectivity index (χ3n) is 0.463. The SMILES string of the molecule is C=CC(F)(F)F.C=CC(F)(F)F.S. The van der Waals surface area contributed by atoms with Crippen molar-refractivity contribution in [3.05, 3.63) is 25.3 Å². The van der Waals surface area contributed by atoms with Crippen molar-refractivity contribution in [1.82, 2.24) is 0 Å². The molecule has 0 amide bonds. The van der Waals surface area contributed by atoms with Crippen LogP contribution in [0.5, 0.6) is 0 Å². The lowest BCUT2D eigenvalue weighted by molar-refractivity contribution is -0.0804. The third kappa shape index (κ3) is 34.5. The van der Waals surface area contributed by atoms with Crippen LogP contribution < -0.4 is 0 Å². The maximum atomic E-state index is 10.7. The van der Waals surface area contributed by atoms with Crippen LogP contribution in [0.3, 0.4) is 0 Å². The molecule has 0 spiro atoms. The van der Waals surface area contributed by atoms with Gasteiger partial charge in [-0.25, -0.2) is 0 Å². The lowest BCUT2D eigenvalue weighted by Gasteiger charge is -1.91. The van der Waals surface area contributed by atoms with E-state index in [9.17, 15) is 26.3 Å². The van der Waals surface area contributed by atoms with E-state index in [-0.39, 0.29) is 25.6 Å². The lowest BCUT2D eigenvalue weighted by Crippen LogP contribution is -1.98. The highest BCUT2D eigenvalue weighted by Crippen LogP contribution is 2.14. The van der Waals surface area contributed by atoms with Gasteiger partial charge in [-0.2, -0.15) is 39.8 Å². The Morgan fingerprint density at radius 3 is 0.769 bits per heavy atom. The highest BCUT2D eigenvalue weighted by Gasteiger charge is 2.20. The van der Waals surface area contributed by atoms with Crippen molar-refractivity contribution >= 4 is 13.5 Å². The van der Waals surface area contributed by atoms with Crippen LogP contribution in [0.15, 0.2) is 25.3 Å². The van der Waals surface area contributed by atoms with E-state index in [4.69, 9.17) is 0 Å². The van der Waals surface area contributed by atoms with Crippen LogP contribution in [0.25, 0.3) is 0 Å². The van der Waals surface area contributed by atoms with Crippen LogP contribution >= 0.6 is 13.5 Å². The summed E-state index contributed by atoms with van der Waals surface area (Å²) >= 11 is 0. The fraction of sp³-hybridized carbons (Fsp3) is 0.333. The van der Waals surface area contributed by atoms with Crippen LogP contribution in [0.2, 0.25) is 0 Å². The van der Waals surface area contributed by atoms with E-state index in [0.717, 1.165) is 0 Å². The summed E-state index contributed by atoms with van der Waals surface area (Å²) in [7, 11) is 0. The Hall–Kier alpha value is -0.590. The Bertz CT molecular complexity index is 126. The first kappa shape index (κ1) is 18.2. The van der Waals surface area contributed by atoms with E-state index in [1.165, 1.54) is 0 Å². The van der Waals surface area contributed by atoms with Gasteiger partial charge < -0.3 is 0 Å². The molecule has 0 radical (unpaired) electrons. The Kier molecular flexibility index (Phi) is 9.65. The van der Waals surface area contributed by atoms with Gasteiger partial charge in [0.25, 0.3) is 0 Å². The largest absolute Gasteiger partial charge is 0.409 e. The van der Waals surface area contributed by atoms with Crippen molar-refractivity contribution in [1.29, 1.82) is 0 Å². The summed E-state index contributed by atoms with van der Waals surface area (Å²) in [6.45, 7) is 5.01. The predicted octanol–water partition coefficient (Wildman–Crippen LogP) is 3.58. The summed E-state index contributed by atoms with van der Waals surface area (Å²) < 4.78 is 64.0. The molecular weight excluding hydrogens is 218 g/mol. The second-order valence-electron chi connectivity index (χ2n) is 1.49. The van der Waals surface area contributed by atoms with Gasteiger partial charge >= 0.3 is 12.4 Å². The molecule has 0 aliphatic carbocycles. The van der Waals surface area contributed by atoms with Crippen LogP contribution in [0.1, 0.15) is 0 Å². The zero-order valence-corrected chi connectivity index (χ0v) is 7.34. The molecule has 0 aromatic rings. The smallest absolute Gasteiger partial charge is 0.197 e. The molecule has 0 aromatic heterocycles. The second kappa shape index (κ2) is 6.88. The normalized spacial score (nSPS) is 10.3. The maximum Gasteiger partial charge on any atom is 0.409 e. The van der Waals surface area contributed by atoms with E-state index in [2.05, 4.69) is 13.2 Å². The Labute approximate surface area is 78.4 Å². The van der Waals surface area contributed by atoms with E-state index >= 15 is 0 Å². The molecule has 0 rings (SSSR count). The maximum absolute atomic E-state index is 10.7. The van der Waals surface area contributed by atoms with Crippen molar-refractivity contribution in [3.8, 4) is 0 Å². The zero-order valence-electron chi connectivity index (χ0n) is 6.34. The zero-order chi connectivity index (χ0) is 10.4. The van der Waals surface area contributed by atoms with Gasteiger partial charge in [-0.05, 0) is 0 Å². The van der Waals surface area contributed by atoms with Gasteiger partial charge in [-0.1, -0.05) is 13.2 Å². The van der Waals surface area contributed by atoms with Crippen molar-refractivity contribution in [2.75, 3.05) is 0 Å². The fourth-order valence-corrected chi connectivity index (χ4v) is 0. The molecule has 0 nitrogen and oxygen atoms in total. The van der Waals surface area contributed by atoms with Crippen LogP contribution in [0.4, 0.5) is 26.3 Å². The van der Waals surface area contributed by atoms with Gasteiger partial charge in [0.15, 0.2) is 0 Å². The monoisotopic (exact) mass is 226 g/mol. The number of rotatable bonds is 0. The molecule has 13 heavy (non-hydrogen) atoms. The van der Waals surface area contributed by atoms with Crippen LogP contribution in [0, 0.1) is 0 Å². The van der Waals surface area contributed by atoms with E-state index < -0.39 is 12.4 Å². The number of alkyl halides is 6. The van der Waals surface area contributed by atoms with Crippen LogP contribution in [-0.4, -0.2) is 12.4 Å². The first-order valence-electron chi connectivity index (χ1n) is 2.53. The standard InChI is InChI=1S/2C3H3F3.H2S/c2*1-2-3(4,5)6;/h2*2H,1H2;1H2. The summed E-state index contributed by atoms with van der Waals surface area (Å²) in [5.74, 6) is 0. The minimum Gasteiger partial charge on any atom is -0.197 e. The first-order valence-corrected chi connectivity index (χ1v) is 2.53. The molecule has 0 N–H and O–H groups in total. The number of hydrogen-bond acceptors (Lipinski definition) is 0.